The van der Waals surface area contributed by atoms with Crippen LogP contribution in [-0.2, 0) is 4.74 Å². The Morgan fingerprint density at radius 3 is 3.03 bits per heavy atom. The van der Waals surface area contributed by atoms with Crippen LogP contribution in [0.5, 0.6) is 0 Å². The van der Waals surface area contributed by atoms with Gasteiger partial charge in [0.25, 0.3) is 5.91 Å². The molecule has 0 unspecified atom stereocenters. The van der Waals surface area contributed by atoms with Crippen molar-refractivity contribution in [2.24, 2.45) is 0 Å². The zero-order valence-corrected chi connectivity index (χ0v) is 19.5. The van der Waals surface area contributed by atoms with Crippen molar-refractivity contribution in [1.82, 2.24) is 14.9 Å². The molecule has 7 heteroatoms. The van der Waals surface area contributed by atoms with E-state index in [1.807, 2.05) is 30.9 Å². The van der Waals surface area contributed by atoms with E-state index in [1.54, 1.807) is 6.20 Å². The van der Waals surface area contributed by atoms with E-state index in [0.29, 0.717) is 6.61 Å². The first kappa shape index (κ1) is 21.0. The van der Waals surface area contributed by atoms with Crippen LogP contribution in [0.15, 0.2) is 42.6 Å². The van der Waals surface area contributed by atoms with E-state index in [9.17, 15) is 4.79 Å². The van der Waals surface area contributed by atoms with Crippen LogP contribution in [0.2, 0.25) is 0 Å². The number of carbonyl (C=O) groups is 1. The van der Waals surface area contributed by atoms with Gasteiger partial charge in [-0.3, -0.25) is 9.78 Å². The summed E-state index contributed by atoms with van der Waals surface area (Å²) in [4.78, 5) is 23.9. The van der Waals surface area contributed by atoms with Crippen LogP contribution >= 0.6 is 11.3 Å². The molecular formula is C25H28N4O2S. The van der Waals surface area contributed by atoms with Crippen molar-refractivity contribution in [2.45, 2.75) is 45.8 Å². The molecular weight excluding hydrogens is 420 g/mol. The summed E-state index contributed by atoms with van der Waals surface area (Å²) >= 11 is 1.51. The Labute approximate surface area is 191 Å². The lowest BCUT2D eigenvalue weighted by molar-refractivity contribution is 0.0328. The number of ether oxygens (including phenoxy) is 1. The molecule has 6 nitrogen and oxygen atoms in total. The number of nitrogens with one attached hydrogen (secondary N) is 2. The number of pyridine rings is 1. The molecule has 0 aliphatic carbocycles. The zero-order valence-electron chi connectivity index (χ0n) is 18.6. The van der Waals surface area contributed by atoms with Crippen LogP contribution in [-0.4, -0.2) is 46.1 Å². The molecule has 0 spiro atoms. The predicted octanol–water partition coefficient (Wildman–Crippen LogP) is 5.86. The number of H-pyrrole nitrogens is 1. The van der Waals surface area contributed by atoms with Crippen molar-refractivity contribution in [3.63, 3.8) is 0 Å². The number of hydrogen-bond acceptors (Lipinski definition) is 5. The Hall–Kier alpha value is -2.90. The van der Waals surface area contributed by atoms with Crippen LogP contribution in [0.4, 0.5) is 11.4 Å². The number of aromatic amines is 1. The van der Waals surface area contributed by atoms with Gasteiger partial charge in [0.15, 0.2) is 0 Å². The van der Waals surface area contributed by atoms with Gasteiger partial charge in [0.2, 0.25) is 0 Å². The fraction of sp³-hybridized carbons (Fsp3) is 0.360. The van der Waals surface area contributed by atoms with Gasteiger partial charge in [-0.05, 0) is 70.0 Å². The number of fused-ring (bicyclic) bond motifs is 2. The minimum atomic E-state index is 0.0815. The number of hydrogen-bond donors (Lipinski definition) is 2. The summed E-state index contributed by atoms with van der Waals surface area (Å²) in [5.74, 6) is 0.0815. The molecule has 5 rings (SSSR count). The highest BCUT2D eigenvalue weighted by Crippen LogP contribution is 2.34. The molecule has 1 fully saturated rings. The molecule has 1 aliphatic heterocycles. The number of nitrogens with zero attached hydrogens (tertiary/aromatic N) is 2. The minimum Gasteiger partial charge on any atom is -0.377 e. The quantitative estimate of drug-likeness (QED) is 0.388. The second-order valence-electron chi connectivity index (χ2n) is 8.74. The number of carbonyl (C=O) groups excluding carboxylic acids is 1. The molecule has 3 aromatic heterocycles. The van der Waals surface area contributed by atoms with Gasteiger partial charge in [-0.15, -0.1) is 11.3 Å². The molecule has 0 radical (unpaired) electrons. The molecule has 4 heterocycles. The van der Waals surface area contributed by atoms with E-state index in [1.165, 1.54) is 16.7 Å². The van der Waals surface area contributed by atoms with Crippen LogP contribution in [0.25, 0.3) is 21.1 Å². The van der Waals surface area contributed by atoms with Crippen LogP contribution in [0.1, 0.15) is 42.1 Å². The molecule has 1 saturated heterocycles. The second kappa shape index (κ2) is 8.56. The van der Waals surface area contributed by atoms with Crippen molar-refractivity contribution in [2.75, 3.05) is 18.5 Å². The van der Waals surface area contributed by atoms with Crippen LogP contribution in [0, 0.1) is 6.92 Å². The van der Waals surface area contributed by atoms with Crippen molar-refractivity contribution >= 4 is 49.7 Å². The van der Waals surface area contributed by atoms with Crippen molar-refractivity contribution in [1.29, 1.82) is 0 Å². The molecule has 4 aromatic rings. The smallest absolute Gasteiger partial charge is 0.264 e. The number of benzene rings is 1. The number of rotatable bonds is 6. The monoisotopic (exact) mass is 448 g/mol. The second-order valence-corrected chi connectivity index (χ2v) is 9.79. The topological polar surface area (TPSA) is 70.2 Å². The van der Waals surface area contributed by atoms with Crippen molar-refractivity contribution in [3.8, 4) is 0 Å². The Morgan fingerprint density at radius 1 is 1.31 bits per heavy atom. The zero-order chi connectivity index (χ0) is 22.2. The highest BCUT2D eigenvalue weighted by Gasteiger charge is 2.31. The molecule has 1 aliphatic rings. The normalized spacial score (nSPS) is 16.5. The fourth-order valence-electron chi connectivity index (χ4n) is 4.37. The Bertz CT molecular complexity index is 1280. The lowest BCUT2D eigenvalue weighted by atomic mass is 10.2. The first-order valence-corrected chi connectivity index (χ1v) is 12.0. The summed E-state index contributed by atoms with van der Waals surface area (Å²) in [5.41, 5.74) is 5.08. The average Bonchev–Trinajstić information content (AvgIpc) is 3.48. The van der Waals surface area contributed by atoms with Crippen LogP contribution in [0.3, 0.4) is 0 Å². The molecule has 1 aromatic carbocycles. The van der Waals surface area contributed by atoms with Gasteiger partial charge in [0.1, 0.15) is 0 Å². The van der Waals surface area contributed by atoms with Crippen molar-refractivity contribution in [3.05, 3.63) is 53.2 Å². The summed E-state index contributed by atoms with van der Waals surface area (Å²) in [6, 6.07) is 12.5. The van der Waals surface area contributed by atoms with Crippen LogP contribution < -0.4 is 5.32 Å². The number of likely N-dealkylation sites (tertiary alicyclic amines) is 1. The highest BCUT2D eigenvalue weighted by atomic mass is 32.1. The van der Waals surface area contributed by atoms with E-state index < -0.39 is 0 Å². The molecule has 0 bridgehead atoms. The fourth-order valence-corrected chi connectivity index (χ4v) is 5.41. The molecule has 1 atom stereocenters. The Kier molecular flexibility index (Phi) is 5.61. The van der Waals surface area contributed by atoms with E-state index in [-0.39, 0.29) is 18.1 Å². The molecule has 1 amide bonds. The maximum atomic E-state index is 13.3. The third-order valence-corrected chi connectivity index (χ3v) is 7.06. The number of thiophene rings is 1. The van der Waals surface area contributed by atoms with E-state index in [2.05, 4.69) is 46.5 Å². The lowest BCUT2D eigenvalue weighted by Crippen LogP contribution is -2.38. The molecule has 0 saturated carbocycles. The van der Waals surface area contributed by atoms with Crippen molar-refractivity contribution < 1.29 is 9.53 Å². The average molecular weight is 449 g/mol. The van der Waals surface area contributed by atoms with Gasteiger partial charge in [-0.1, -0.05) is 0 Å². The maximum absolute atomic E-state index is 13.3. The third-order valence-electron chi connectivity index (χ3n) is 5.92. The SMILES string of the molecule is Cc1cc2cc(Nc3ccnc4cc(C(=O)N5CCC[C@@H]5COC(C)C)sc34)ccc2[nH]1. The van der Waals surface area contributed by atoms with Gasteiger partial charge in [0, 0.05) is 35.0 Å². The number of anilines is 2. The summed E-state index contributed by atoms with van der Waals surface area (Å²) in [6.45, 7) is 7.50. The van der Waals surface area contributed by atoms with Gasteiger partial charge in [-0.2, -0.15) is 0 Å². The standard InChI is InChI=1S/C25H28N4O2S/c1-15(2)31-14-19-5-4-10-29(19)25(30)23-13-22-24(32-23)21(8-9-26-22)28-18-6-7-20-17(12-18)11-16(3)27-20/h6-9,11-13,15,19,27H,4-5,10,14H2,1-3H3,(H,26,28)/t19-/m1/s1. The predicted molar refractivity (Wildman–Crippen MR) is 131 cm³/mol. The summed E-state index contributed by atoms with van der Waals surface area (Å²) < 4.78 is 6.80. The van der Waals surface area contributed by atoms with Gasteiger partial charge >= 0.3 is 0 Å². The summed E-state index contributed by atoms with van der Waals surface area (Å²) in [5, 5.41) is 4.69. The van der Waals surface area contributed by atoms with Gasteiger partial charge in [-0.25, -0.2) is 0 Å². The summed E-state index contributed by atoms with van der Waals surface area (Å²) in [6.07, 6.45) is 3.98. The largest absolute Gasteiger partial charge is 0.377 e. The third kappa shape index (κ3) is 4.10. The van der Waals surface area contributed by atoms with Gasteiger partial charge < -0.3 is 19.9 Å². The van der Waals surface area contributed by atoms with E-state index in [0.717, 1.165) is 57.1 Å². The van der Waals surface area contributed by atoms with E-state index in [4.69, 9.17) is 4.74 Å². The number of aromatic nitrogens is 2. The molecule has 32 heavy (non-hydrogen) atoms. The molecule has 2 N–H and O–H groups in total. The summed E-state index contributed by atoms with van der Waals surface area (Å²) in [7, 11) is 0. The Morgan fingerprint density at radius 2 is 2.19 bits per heavy atom. The minimum absolute atomic E-state index is 0.0815. The van der Waals surface area contributed by atoms with E-state index >= 15 is 0 Å². The number of amides is 1. The highest BCUT2D eigenvalue weighted by molar-refractivity contribution is 7.21. The Balaban J connectivity index is 1.40. The number of aryl methyl sites for hydroxylation is 1. The lowest BCUT2D eigenvalue weighted by Gasteiger charge is -2.24. The molecule has 166 valence electrons. The first-order chi connectivity index (χ1) is 15.5. The maximum Gasteiger partial charge on any atom is 0.264 e. The first-order valence-electron chi connectivity index (χ1n) is 11.2. The van der Waals surface area contributed by atoms with Gasteiger partial charge in [0.05, 0.1) is 39.5 Å².